The molecule has 3 nitrogen and oxygen atoms in total. The Balaban J connectivity index is 0.000000671. The first-order valence-corrected chi connectivity index (χ1v) is 4.54. The highest BCUT2D eigenvalue weighted by atomic mass is 15.3. The smallest absolute Gasteiger partial charge is 0.112 e. The molecule has 3 heteroatoms. The van der Waals surface area contributed by atoms with Gasteiger partial charge in [-0.1, -0.05) is 26.0 Å². The van der Waals surface area contributed by atoms with Crippen LogP contribution in [0.4, 0.5) is 0 Å². The zero-order chi connectivity index (χ0) is 10.1. The van der Waals surface area contributed by atoms with Gasteiger partial charge in [-0.05, 0) is 26.0 Å². The van der Waals surface area contributed by atoms with Gasteiger partial charge < -0.3 is 0 Å². The van der Waals surface area contributed by atoms with Crippen molar-refractivity contribution in [3.05, 3.63) is 23.5 Å². The third-order valence-electron chi connectivity index (χ3n) is 1.25. The topological polar surface area (TPSA) is 41.6 Å². The lowest BCUT2D eigenvalue weighted by atomic mass is 10.3. The highest BCUT2D eigenvalue weighted by molar-refractivity contribution is 5.58. The maximum Gasteiger partial charge on any atom is 0.112 e. The van der Waals surface area contributed by atoms with E-state index in [1.54, 1.807) is 0 Å². The van der Waals surface area contributed by atoms with Crippen LogP contribution in [0, 0.1) is 0 Å². The maximum absolute atomic E-state index is 3.95. The molecule has 72 valence electrons. The van der Waals surface area contributed by atoms with Gasteiger partial charge in [0, 0.05) is 0 Å². The van der Waals surface area contributed by atoms with Gasteiger partial charge in [0.15, 0.2) is 0 Å². The Morgan fingerprint density at radius 2 is 1.31 bits per heavy atom. The van der Waals surface area contributed by atoms with E-state index in [9.17, 15) is 0 Å². The SMILES string of the molecule is C/C=C\c1n[nH]nc1/C=C/C.CC. The number of rotatable bonds is 2. The molecule has 1 aromatic heterocycles. The molecular formula is C10H17N3. The molecule has 0 radical (unpaired) electrons. The minimum absolute atomic E-state index is 0.880. The molecule has 1 rings (SSSR count). The lowest BCUT2D eigenvalue weighted by Gasteiger charge is -1.83. The summed E-state index contributed by atoms with van der Waals surface area (Å²) in [6.45, 7) is 7.90. The molecule has 1 heterocycles. The fourth-order valence-corrected chi connectivity index (χ4v) is 0.808. The summed E-state index contributed by atoms with van der Waals surface area (Å²) in [5.41, 5.74) is 1.76. The lowest BCUT2D eigenvalue weighted by molar-refractivity contribution is 0.934. The largest absolute Gasteiger partial charge is 0.197 e. The van der Waals surface area contributed by atoms with Gasteiger partial charge in [-0.3, -0.25) is 0 Å². The summed E-state index contributed by atoms with van der Waals surface area (Å²) in [5.74, 6) is 0. The second-order valence-corrected chi connectivity index (χ2v) is 2.09. The average Bonchev–Trinajstić information content (AvgIpc) is 2.58. The number of aromatic nitrogens is 3. The molecular weight excluding hydrogens is 162 g/mol. The molecule has 0 aliphatic carbocycles. The van der Waals surface area contributed by atoms with Gasteiger partial charge in [-0.25, -0.2) is 0 Å². The van der Waals surface area contributed by atoms with E-state index in [1.165, 1.54) is 0 Å². The van der Waals surface area contributed by atoms with Crippen LogP contribution in [0.5, 0.6) is 0 Å². The third-order valence-corrected chi connectivity index (χ3v) is 1.25. The molecule has 0 saturated heterocycles. The number of allylic oxidation sites excluding steroid dienone is 2. The summed E-state index contributed by atoms with van der Waals surface area (Å²) in [6, 6.07) is 0. The molecule has 1 N–H and O–H groups in total. The van der Waals surface area contributed by atoms with Crippen molar-refractivity contribution in [3.63, 3.8) is 0 Å². The van der Waals surface area contributed by atoms with E-state index >= 15 is 0 Å². The Morgan fingerprint density at radius 3 is 1.62 bits per heavy atom. The standard InChI is InChI=1S/C8H11N3.C2H6/c1-3-5-7-8(6-4-2)10-11-9-7;1-2/h3-6H,1-2H3,(H,9,10,11);1-2H3/b5-3-,6-4+;. The fraction of sp³-hybridized carbons (Fsp3) is 0.400. The molecule has 13 heavy (non-hydrogen) atoms. The Kier molecular flexibility index (Phi) is 6.51. The lowest BCUT2D eigenvalue weighted by Crippen LogP contribution is -1.75. The van der Waals surface area contributed by atoms with Gasteiger partial charge in [-0.15, -0.1) is 0 Å². The van der Waals surface area contributed by atoms with Crippen LogP contribution in [0.1, 0.15) is 39.1 Å². The van der Waals surface area contributed by atoms with Gasteiger partial charge >= 0.3 is 0 Å². The van der Waals surface area contributed by atoms with Crippen molar-refractivity contribution in [3.8, 4) is 0 Å². The van der Waals surface area contributed by atoms with Crippen LogP contribution in [0.3, 0.4) is 0 Å². The number of nitrogens with zero attached hydrogens (tertiary/aromatic N) is 2. The fourth-order valence-electron chi connectivity index (χ4n) is 0.808. The van der Waals surface area contributed by atoms with E-state index in [4.69, 9.17) is 0 Å². The molecule has 0 aromatic carbocycles. The molecule has 0 bridgehead atoms. The molecule has 0 amide bonds. The van der Waals surface area contributed by atoms with Crippen LogP contribution < -0.4 is 0 Å². The summed E-state index contributed by atoms with van der Waals surface area (Å²) < 4.78 is 0. The predicted molar refractivity (Wildman–Crippen MR) is 57.1 cm³/mol. The van der Waals surface area contributed by atoms with Crippen molar-refractivity contribution in [2.75, 3.05) is 0 Å². The summed E-state index contributed by atoms with van der Waals surface area (Å²) in [7, 11) is 0. The monoisotopic (exact) mass is 179 g/mol. The van der Waals surface area contributed by atoms with E-state index < -0.39 is 0 Å². The van der Waals surface area contributed by atoms with Crippen LogP contribution in [-0.4, -0.2) is 15.4 Å². The maximum atomic E-state index is 3.95. The molecule has 0 unspecified atom stereocenters. The zero-order valence-corrected chi connectivity index (χ0v) is 8.70. The summed E-state index contributed by atoms with van der Waals surface area (Å²) >= 11 is 0. The van der Waals surface area contributed by atoms with Crippen LogP contribution in [0.15, 0.2) is 12.2 Å². The molecule has 0 fully saturated rings. The van der Waals surface area contributed by atoms with E-state index in [0.29, 0.717) is 0 Å². The second kappa shape index (κ2) is 7.28. The van der Waals surface area contributed by atoms with E-state index in [2.05, 4.69) is 15.4 Å². The second-order valence-electron chi connectivity index (χ2n) is 2.09. The molecule has 0 spiro atoms. The molecule has 0 aliphatic rings. The van der Waals surface area contributed by atoms with E-state index in [-0.39, 0.29) is 0 Å². The van der Waals surface area contributed by atoms with E-state index in [0.717, 1.165) is 11.4 Å². The number of hydrogen-bond acceptors (Lipinski definition) is 2. The quantitative estimate of drug-likeness (QED) is 0.758. The summed E-state index contributed by atoms with van der Waals surface area (Å²) in [5, 5.41) is 10.5. The minimum Gasteiger partial charge on any atom is -0.197 e. The highest BCUT2D eigenvalue weighted by Gasteiger charge is 1.97. The molecule has 1 aromatic rings. The van der Waals surface area contributed by atoms with Crippen molar-refractivity contribution < 1.29 is 0 Å². The van der Waals surface area contributed by atoms with Gasteiger partial charge in [0.2, 0.25) is 0 Å². The molecule has 0 saturated carbocycles. The number of H-pyrrole nitrogens is 1. The van der Waals surface area contributed by atoms with Gasteiger partial charge in [0.1, 0.15) is 11.4 Å². The van der Waals surface area contributed by atoms with Crippen molar-refractivity contribution in [2.24, 2.45) is 0 Å². The van der Waals surface area contributed by atoms with Gasteiger partial charge in [0.25, 0.3) is 0 Å². The number of aromatic amines is 1. The average molecular weight is 179 g/mol. The van der Waals surface area contributed by atoms with Gasteiger partial charge in [-0.2, -0.15) is 15.4 Å². The first kappa shape index (κ1) is 11.6. The first-order valence-electron chi connectivity index (χ1n) is 4.54. The van der Waals surface area contributed by atoms with Crippen molar-refractivity contribution in [2.45, 2.75) is 27.7 Å². The van der Waals surface area contributed by atoms with Crippen molar-refractivity contribution in [1.82, 2.24) is 15.4 Å². The minimum atomic E-state index is 0.880. The number of nitrogens with one attached hydrogen (secondary N) is 1. The Bertz CT molecular complexity index is 245. The van der Waals surface area contributed by atoms with Crippen LogP contribution in [0.25, 0.3) is 12.2 Å². The normalized spacial score (nSPS) is 10.5. The van der Waals surface area contributed by atoms with Crippen LogP contribution in [-0.2, 0) is 0 Å². The Labute approximate surface area is 79.6 Å². The van der Waals surface area contributed by atoms with Crippen LogP contribution >= 0.6 is 0 Å². The Hall–Kier alpha value is -1.38. The van der Waals surface area contributed by atoms with Crippen molar-refractivity contribution in [1.29, 1.82) is 0 Å². The van der Waals surface area contributed by atoms with Crippen molar-refractivity contribution >= 4 is 12.2 Å². The highest BCUT2D eigenvalue weighted by Crippen LogP contribution is 2.04. The molecule has 0 atom stereocenters. The van der Waals surface area contributed by atoms with E-state index in [1.807, 2.05) is 52.0 Å². The van der Waals surface area contributed by atoms with Crippen LogP contribution in [0.2, 0.25) is 0 Å². The summed E-state index contributed by atoms with van der Waals surface area (Å²) in [6.07, 6.45) is 7.70. The third kappa shape index (κ3) is 3.69. The predicted octanol–water partition coefficient (Wildman–Crippen LogP) is 2.90. The summed E-state index contributed by atoms with van der Waals surface area (Å²) in [4.78, 5) is 0. The first-order chi connectivity index (χ1) is 6.38. The number of hydrogen-bond donors (Lipinski definition) is 1. The Morgan fingerprint density at radius 1 is 0.923 bits per heavy atom. The van der Waals surface area contributed by atoms with Gasteiger partial charge in [0.05, 0.1) is 0 Å². The zero-order valence-electron chi connectivity index (χ0n) is 8.70. The molecule has 0 aliphatic heterocycles.